The Morgan fingerprint density at radius 1 is 1.36 bits per heavy atom. The molecule has 4 heteroatoms. The van der Waals surface area contributed by atoms with Gasteiger partial charge in [0.15, 0.2) is 5.82 Å². The lowest BCUT2D eigenvalue weighted by Gasteiger charge is -2.04. The Kier molecular flexibility index (Phi) is 2.44. The smallest absolute Gasteiger partial charge is 0.165 e. The Morgan fingerprint density at radius 2 is 2.14 bits per heavy atom. The number of fused-ring (bicyclic) bond motifs is 1. The molecule has 1 heterocycles. The Hall–Kier alpha value is -1.06. The summed E-state index contributed by atoms with van der Waals surface area (Å²) in [6.45, 7) is 1.08. The van der Waals surface area contributed by atoms with E-state index in [1.54, 1.807) is 16.7 Å². The number of rotatable bonds is 2. The second-order valence-corrected chi connectivity index (χ2v) is 3.50. The maximum Gasteiger partial charge on any atom is 0.165 e. The van der Waals surface area contributed by atoms with Gasteiger partial charge < -0.3 is 10.3 Å². The standard InChI is InChI=1S/C10H10ClFN2/c11-8-2-1-7-3-5-14(6-4-13)10(7)9(8)12/h1-3,5H,4,6,13H2. The van der Waals surface area contributed by atoms with E-state index in [2.05, 4.69) is 0 Å². The van der Waals surface area contributed by atoms with Crippen LogP contribution in [0, 0.1) is 5.82 Å². The molecule has 2 rings (SSSR count). The van der Waals surface area contributed by atoms with E-state index >= 15 is 0 Å². The van der Waals surface area contributed by atoms with Gasteiger partial charge in [-0.1, -0.05) is 17.7 Å². The largest absolute Gasteiger partial charge is 0.344 e. The number of nitrogens with two attached hydrogens (primary N) is 1. The number of halogens is 2. The summed E-state index contributed by atoms with van der Waals surface area (Å²) in [5.41, 5.74) is 5.95. The van der Waals surface area contributed by atoms with Crippen LogP contribution in [0.3, 0.4) is 0 Å². The third-order valence-electron chi connectivity index (χ3n) is 2.19. The molecule has 0 aliphatic heterocycles. The predicted molar refractivity (Wildman–Crippen MR) is 56.0 cm³/mol. The third kappa shape index (κ3) is 1.38. The average Bonchev–Trinajstić information content (AvgIpc) is 2.57. The summed E-state index contributed by atoms with van der Waals surface area (Å²) in [5, 5.41) is 0.995. The molecule has 0 radical (unpaired) electrons. The van der Waals surface area contributed by atoms with Crippen molar-refractivity contribution in [1.29, 1.82) is 0 Å². The first kappa shape index (κ1) is 9.49. The van der Waals surface area contributed by atoms with Crippen LogP contribution in [0.4, 0.5) is 4.39 Å². The summed E-state index contributed by atoms with van der Waals surface area (Å²) in [5.74, 6) is -0.373. The number of nitrogens with zero attached hydrogens (tertiary/aromatic N) is 1. The zero-order chi connectivity index (χ0) is 10.1. The molecule has 0 saturated carbocycles. The van der Waals surface area contributed by atoms with Gasteiger partial charge in [0.05, 0.1) is 10.5 Å². The Balaban J connectivity index is 2.69. The number of aromatic nitrogens is 1. The summed E-state index contributed by atoms with van der Waals surface area (Å²) in [4.78, 5) is 0. The first-order valence-corrected chi connectivity index (χ1v) is 4.74. The molecular weight excluding hydrogens is 203 g/mol. The monoisotopic (exact) mass is 212 g/mol. The van der Waals surface area contributed by atoms with E-state index in [0.29, 0.717) is 18.6 Å². The predicted octanol–water partition coefficient (Wildman–Crippen LogP) is 2.39. The SMILES string of the molecule is NCCn1ccc2ccc(Cl)c(F)c21. The summed E-state index contributed by atoms with van der Waals surface area (Å²) in [6, 6.07) is 5.21. The number of hydrogen-bond acceptors (Lipinski definition) is 1. The van der Waals surface area contributed by atoms with Crippen molar-refractivity contribution in [3.05, 3.63) is 35.2 Å². The Labute approximate surface area is 86.1 Å². The summed E-state index contributed by atoms with van der Waals surface area (Å²) >= 11 is 5.70. The van der Waals surface area contributed by atoms with Crippen LogP contribution >= 0.6 is 11.6 Å². The first-order chi connectivity index (χ1) is 6.74. The summed E-state index contributed by atoms with van der Waals surface area (Å²) in [7, 11) is 0. The van der Waals surface area contributed by atoms with Crippen LogP contribution in [0.25, 0.3) is 10.9 Å². The van der Waals surface area contributed by atoms with Gasteiger partial charge in [-0.3, -0.25) is 0 Å². The molecule has 0 fully saturated rings. The molecule has 2 nitrogen and oxygen atoms in total. The van der Waals surface area contributed by atoms with Crippen molar-refractivity contribution < 1.29 is 4.39 Å². The quantitative estimate of drug-likeness (QED) is 0.814. The van der Waals surface area contributed by atoms with Crippen LogP contribution < -0.4 is 5.73 Å². The first-order valence-electron chi connectivity index (χ1n) is 4.37. The average molecular weight is 213 g/mol. The van der Waals surface area contributed by atoms with Crippen molar-refractivity contribution in [2.75, 3.05) is 6.54 Å². The van der Waals surface area contributed by atoms with Gasteiger partial charge in [0.2, 0.25) is 0 Å². The zero-order valence-corrected chi connectivity index (χ0v) is 8.26. The molecule has 0 unspecified atom stereocenters. The maximum absolute atomic E-state index is 13.6. The molecule has 2 N–H and O–H groups in total. The highest BCUT2D eigenvalue weighted by Crippen LogP contribution is 2.25. The van der Waals surface area contributed by atoms with Crippen LogP contribution in [-0.4, -0.2) is 11.1 Å². The van der Waals surface area contributed by atoms with Gasteiger partial charge in [-0.15, -0.1) is 0 Å². The van der Waals surface area contributed by atoms with Crippen molar-refractivity contribution in [1.82, 2.24) is 4.57 Å². The van der Waals surface area contributed by atoms with Crippen LogP contribution in [-0.2, 0) is 6.54 Å². The summed E-state index contributed by atoms with van der Waals surface area (Å²) < 4.78 is 15.4. The van der Waals surface area contributed by atoms with Crippen molar-refractivity contribution in [2.24, 2.45) is 5.73 Å². The van der Waals surface area contributed by atoms with Crippen LogP contribution in [0.1, 0.15) is 0 Å². The molecule has 0 saturated heterocycles. The molecule has 1 aromatic heterocycles. The summed E-state index contributed by atoms with van der Waals surface area (Å²) in [6.07, 6.45) is 1.82. The molecule has 0 aliphatic rings. The Morgan fingerprint density at radius 3 is 2.86 bits per heavy atom. The van der Waals surface area contributed by atoms with Crippen LogP contribution in [0.5, 0.6) is 0 Å². The van der Waals surface area contributed by atoms with Crippen molar-refractivity contribution in [2.45, 2.75) is 6.54 Å². The zero-order valence-electron chi connectivity index (χ0n) is 7.50. The van der Waals surface area contributed by atoms with Crippen molar-refractivity contribution in [3.63, 3.8) is 0 Å². The fraction of sp³-hybridized carbons (Fsp3) is 0.200. The van der Waals surface area contributed by atoms with E-state index in [1.165, 1.54) is 0 Å². The van der Waals surface area contributed by atoms with Crippen molar-refractivity contribution >= 4 is 22.5 Å². The van der Waals surface area contributed by atoms with E-state index in [-0.39, 0.29) is 10.8 Å². The van der Waals surface area contributed by atoms with Gasteiger partial charge in [-0.25, -0.2) is 4.39 Å². The molecule has 0 aliphatic carbocycles. The highest BCUT2D eigenvalue weighted by Gasteiger charge is 2.09. The van der Waals surface area contributed by atoms with E-state index in [9.17, 15) is 4.39 Å². The van der Waals surface area contributed by atoms with Gasteiger partial charge in [0, 0.05) is 24.7 Å². The van der Waals surface area contributed by atoms with Gasteiger partial charge in [-0.05, 0) is 12.1 Å². The fourth-order valence-electron chi connectivity index (χ4n) is 1.55. The molecule has 0 atom stereocenters. The highest BCUT2D eigenvalue weighted by atomic mass is 35.5. The molecule has 74 valence electrons. The molecule has 0 amide bonds. The lowest BCUT2D eigenvalue weighted by Crippen LogP contribution is -2.09. The second-order valence-electron chi connectivity index (χ2n) is 3.10. The van der Waals surface area contributed by atoms with Crippen LogP contribution in [0.2, 0.25) is 5.02 Å². The molecule has 1 aromatic carbocycles. The number of benzene rings is 1. The topological polar surface area (TPSA) is 30.9 Å². The third-order valence-corrected chi connectivity index (χ3v) is 2.48. The lowest BCUT2D eigenvalue weighted by molar-refractivity contribution is 0.623. The van der Waals surface area contributed by atoms with Gasteiger partial charge in [0.1, 0.15) is 0 Å². The highest BCUT2D eigenvalue weighted by molar-refractivity contribution is 6.31. The molecule has 0 spiro atoms. The normalized spacial score (nSPS) is 11.1. The minimum absolute atomic E-state index is 0.148. The minimum atomic E-state index is -0.373. The van der Waals surface area contributed by atoms with E-state index in [1.807, 2.05) is 12.3 Å². The molecular formula is C10H10ClFN2. The van der Waals surface area contributed by atoms with E-state index in [0.717, 1.165) is 5.39 Å². The molecule has 2 aromatic rings. The van der Waals surface area contributed by atoms with Gasteiger partial charge >= 0.3 is 0 Å². The minimum Gasteiger partial charge on any atom is -0.344 e. The van der Waals surface area contributed by atoms with E-state index < -0.39 is 0 Å². The van der Waals surface area contributed by atoms with E-state index in [4.69, 9.17) is 17.3 Å². The fourth-order valence-corrected chi connectivity index (χ4v) is 1.70. The number of hydrogen-bond donors (Lipinski definition) is 1. The Bertz CT molecular complexity index is 464. The van der Waals surface area contributed by atoms with Crippen LogP contribution in [0.15, 0.2) is 24.4 Å². The molecule has 0 bridgehead atoms. The lowest BCUT2D eigenvalue weighted by atomic mass is 10.2. The van der Waals surface area contributed by atoms with Gasteiger partial charge in [0.25, 0.3) is 0 Å². The maximum atomic E-state index is 13.6. The van der Waals surface area contributed by atoms with Crippen molar-refractivity contribution in [3.8, 4) is 0 Å². The van der Waals surface area contributed by atoms with Gasteiger partial charge in [-0.2, -0.15) is 0 Å². The molecule has 14 heavy (non-hydrogen) atoms. The second kappa shape index (κ2) is 3.59.